The summed E-state index contributed by atoms with van der Waals surface area (Å²) in [6.07, 6.45) is 1.63. The normalized spacial score (nSPS) is 10.3. The van der Waals surface area contributed by atoms with E-state index in [9.17, 15) is 0 Å². The highest BCUT2D eigenvalue weighted by molar-refractivity contribution is 9.10. The molecule has 0 aliphatic heterocycles. The van der Waals surface area contributed by atoms with E-state index in [1.54, 1.807) is 24.4 Å². The highest BCUT2D eigenvalue weighted by atomic mass is 79.9. The summed E-state index contributed by atoms with van der Waals surface area (Å²) in [5.41, 5.74) is 6.95. The lowest BCUT2D eigenvalue weighted by molar-refractivity contribution is 0.305. The van der Waals surface area contributed by atoms with Crippen LogP contribution in [0.15, 0.2) is 34.9 Å². The predicted molar refractivity (Wildman–Crippen MR) is 88.6 cm³/mol. The molecule has 104 valence electrons. The standard InChI is InChI=1S/C13H9BrCl2N2OS/c14-8-4-10(16)11(5-9(8)15)19-6-7-2-1-3-18-12(7)13(17)20/h1-5H,6H2,(H2,17,20). The summed E-state index contributed by atoms with van der Waals surface area (Å²) in [5, 5.41) is 0.979. The van der Waals surface area contributed by atoms with Crippen molar-refractivity contribution in [2.24, 2.45) is 5.73 Å². The highest BCUT2D eigenvalue weighted by Crippen LogP contribution is 2.34. The van der Waals surface area contributed by atoms with Gasteiger partial charge in [0.05, 0.1) is 10.0 Å². The largest absolute Gasteiger partial charge is 0.487 e. The number of hydrogen-bond acceptors (Lipinski definition) is 3. The maximum atomic E-state index is 6.09. The van der Waals surface area contributed by atoms with Crippen LogP contribution in [0.3, 0.4) is 0 Å². The van der Waals surface area contributed by atoms with Gasteiger partial charge in [0.2, 0.25) is 0 Å². The molecule has 0 unspecified atom stereocenters. The van der Waals surface area contributed by atoms with Crippen LogP contribution < -0.4 is 10.5 Å². The number of nitrogens with zero attached hydrogens (tertiary/aromatic N) is 1. The van der Waals surface area contributed by atoms with Gasteiger partial charge in [0.1, 0.15) is 23.0 Å². The second kappa shape index (κ2) is 6.72. The van der Waals surface area contributed by atoms with E-state index in [0.717, 1.165) is 5.56 Å². The fourth-order valence-corrected chi connectivity index (χ4v) is 2.58. The minimum absolute atomic E-state index is 0.226. The van der Waals surface area contributed by atoms with E-state index in [0.29, 0.717) is 26.0 Å². The zero-order chi connectivity index (χ0) is 14.7. The van der Waals surface area contributed by atoms with E-state index in [-0.39, 0.29) is 11.6 Å². The second-order valence-corrected chi connectivity index (χ2v) is 5.97. The van der Waals surface area contributed by atoms with Gasteiger partial charge < -0.3 is 10.5 Å². The average Bonchev–Trinajstić information content (AvgIpc) is 2.41. The molecule has 0 atom stereocenters. The molecule has 0 radical (unpaired) electrons. The third kappa shape index (κ3) is 3.61. The Hall–Kier alpha value is -0.880. The molecule has 7 heteroatoms. The van der Waals surface area contributed by atoms with Crippen molar-refractivity contribution in [2.45, 2.75) is 6.61 Å². The number of thiocarbonyl (C=S) groups is 1. The lowest BCUT2D eigenvalue weighted by Gasteiger charge is -2.11. The van der Waals surface area contributed by atoms with Crippen LogP contribution in [0, 0.1) is 0 Å². The van der Waals surface area contributed by atoms with Gasteiger partial charge in [0, 0.05) is 22.3 Å². The van der Waals surface area contributed by atoms with Crippen LogP contribution in [-0.2, 0) is 6.61 Å². The average molecular weight is 392 g/mol. The Morgan fingerprint density at radius 1 is 1.35 bits per heavy atom. The summed E-state index contributed by atoms with van der Waals surface area (Å²) in [6, 6.07) is 6.95. The molecule has 0 bridgehead atoms. The second-order valence-electron chi connectivity index (χ2n) is 3.86. The van der Waals surface area contributed by atoms with E-state index in [2.05, 4.69) is 20.9 Å². The Labute approximate surface area is 140 Å². The molecule has 0 aliphatic carbocycles. The smallest absolute Gasteiger partial charge is 0.139 e. The number of pyridine rings is 1. The molecule has 1 heterocycles. The van der Waals surface area contributed by atoms with Crippen molar-refractivity contribution in [3.05, 3.63) is 56.2 Å². The Bertz CT molecular complexity index is 667. The summed E-state index contributed by atoms with van der Waals surface area (Å²) in [4.78, 5) is 4.36. The zero-order valence-electron chi connectivity index (χ0n) is 10.1. The number of benzene rings is 1. The van der Waals surface area contributed by atoms with E-state index >= 15 is 0 Å². The van der Waals surface area contributed by atoms with Gasteiger partial charge in [-0.1, -0.05) is 41.5 Å². The molecule has 0 amide bonds. The van der Waals surface area contributed by atoms with Crippen LogP contribution in [0.1, 0.15) is 11.3 Å². The first kappa shape index (κ1) is 15.5. The number of aromatic nitrogens is 1. The fraction of sp³-hybridized carbons (Fsp3) is 0.0769. The van der Waals surface area contributed by atoms with Gasteiger partial charge >= 0.3 is 0 Å². The molecule has 0 saturated heterocycles. The first-order valence-electron chi connectivity index (χ1n) is 5.50. The molecule has 0 aliphatic rings. The van der Waals surface area contributed by atoms with Gasteiger partial charge in [0.15, 0.2) is 0 Å². The molecular weight excluding hydrogens is 383 g/mol. The van der Waals surface area contributed by atoms with Gasteiger partial charge in [-0.05, 0) is 28.1 Å². The number of ether oxygens (including phenoxy) is 1. The first-order chi connectivity index (χ1) is 9.49. The van der Waals surface area contributed by atoms with E-state index in [1.807, 2.05) is 6.07 Å². The van der Waals surface area contributed by atoms with Crippen LogP contribution in [0.5, 0.6) is 5.75 Å². The SMILES string of the molecule is NC(=S)c1ncccc1COc1cc(Cl)c(Br)cc1Cl. The predicted octanol–water partition coefficient (Wildman–Crippen LogP) is 4.36. The van der Waals surface area contributed by atoms with E-state index in [4.69, 9.17) is 45.9 Å². The molecule has 2 N–H and O–H groups in total. The van der Waals surface area contributed by atoms with Gasteiger partial charge in [0.25, 0.3) is 0 Å². The lowest BCUT2D eigenvalue weighted by Crippen LogP contribution is -2.15. The van der Waals surface area contributed by atoms with Crippen molar-refractivity contribution in [1.29, 1.82) is 0 Å². The van der Waals surface area contributed by atoms with Crippen LogP contribution in [-0.4, -0.2) is 9.97 Å². The highest BCUT2D eigenvalue weighted by Gasteiger charge is 2.10. The zero-order valence-corrected chi connectivity index (χ0v) is 14.0. The monoisotopic (exact) mass is 390 g/mol. The Morgan fingerprint density at radius 2 is 2.10 bits per heavy atom. The Kier molecular flexibility index (Phi) is 5.21. The molecule has 1 aromatic carbocycles. The maximum absolute atomic E-state index is 6.09. The number of hydrogen-bond donors (Lipinski definition) is 1. The summed E-state index contributed by atoms with van der Waals surface area (Å²) >= 11 is 20.3. The first-order valence-corrected chi connectivity index (χ1v) is 7.46. The summed E-state index contributed by atoms with van der Waals surface area (Å²) < 4.78 is 6.37. The van der Waals surface area contributed by atoms with Crippen molar-refractivity contribution in [3.63, 3.8) is 0 Å². The van der Waals surface area contributed by atoms with Crippen LogP contribution in [0.2, 0.25) is 10.0 Å². The van der Waals surface area contributed by atoms with Gasteiger partial charge in [-0.2, -0.15) is 0 Å². The van der Waals surface area contributed by atoms with Gasteiger partial charge in [-0.25, -0.2) is 0 Å². The quantitative estimate of drug-likeness (QED) is 0.621. The number of halogens is 3. The van der Waals surface area contributed by atoms with E-state index in [1.165, 1.54) is 0 Å². The summed E-state index contributed by atoms with van der Waals surface area (Å²) in [5.74, 6) is 0.484. The molecule has 0 saturated carbocycles. The van der Waals surface area contributed by atoms with Crippen molar-refractivity contribution in [3.8, 4) is 5.75 Å². The van der Waals surface area contributed by atoms with Gasteiger partial charge in [-0.3, -0.25) is 4.98 Å². The molecule has 2 rings (SSSR count). The maximum Gasteiger partial charge on any atom is 0.139 e. The molecule has 20 heavy (non-hydrogen) atoms. The molecule has 0 fully saturated rings. The van der Waals surface area contributed by atoms with Crippen molar-refractivity contribution < 1.29 is 4.74 Å². The molecule has 1 aromatic heterocycles. The fourth-order valence-electron chi connectivity index (χ4n) is 1.55. The van der Waals surface area contributed by atoms with Crippen LogP contribution in [0.25, 0.3) is 0 Å². The van der Waals surface area contributed by atoms with Crippen LogP contribution >= 0.6 is 51.3 Å². The third-order valence-electron chi connectivity index (χ3n) is 2.48. The van der Waals surface area contributed by atoms with Crippen molar-refractivity contribution in [2.75, 3.05) is 0 Å². The van der Waals surface area contributed by atoms with Crippen LogP contribution in [0.4, 0.5) is 0 Å². The topological polar surface area (TPSA) is 48.1 Å². The molecule has 3 nitrogen and oxygen atoms in total. The van der Waals surface area contributed by atoms with E-state index < -0.39 is 0 Å². The number of nitrogens with two attached hydrogens (primary N) is 1. The molecule has 2 aromatic rings. The van der Waals surface area contributed by atoms with Crippen molar-refractivity contribution >= 4 is 56.3 Å². The molecule has 0 spiro atoms. The lowest BCUT2D eigenvalue weighted by atomic mass is 10.2. The number of rotatable bonds is 4. The molecular formula is C13H9BrCl2N2OS. The minimum Gasteiger partial charge on any atom is -0.487 e. The van der Waals surface area contributed by atoms with Crippen molar-refractivity contribution in [1.82, 2.24) is 4.98 Å². The third-order valence-corrected chi connectivity index (χ3v) is 4.17. The minimum atomic E-state index is 0.226. The Morgan fingerprint density at radius 3 is 2.80 bits per heavy atom. The summed E-state index contributed by atoms with van der Waals surface area (Å²) in [6.45, 7) is 0.248. The summed E-state index contributed by atoms with van der Waals surface area (Å²) in [7, 11) is 0. The Balaban J connectivity index is 2.21. The van der Waals surface area contributed by atoms with Gasteiger partial charge in [-0.15, -0.1) is 0 Å².